The first-order chi connectivity index (χ1) is 20.2. The van der Waals surface area contributed by atoms with Crippen molar-refractivity contribution in [3.8, 4) is 11.4 Å². The molecule has 0 bridgehead atoms. The summed E-state index contributed by atoms with van der Waals surface area (Å²) < 4.78 is 39.3. The van der Waals surface area contributed by atoms with Crippen LogP contribution in [0.15, 0.2) is 66.2 Å². The third-order valence-corrected chi connectivity index (χ3v) is 8.73. The van der Waals surface area contributed by atoms with Gasteiger partial charge in [0.15, 0.2) is 5.82 Å². The molecule has 1 saturated heterocycles. The van der Waals surface area contributed by atoms with Crippen LogP contribution in [0, 0.1) is 11.8 Å². The average Bonchev–Trinajstić information content (AvgIpc) is 3.69. The average molecular weight is 580 g/mol. The highest BCUT2D eigenvalue weighted by molar-refractivity contribution is 6.04. The molecule has 1 aromatic carbocycles. The highest BCUT2D eigenvalue weighted by Crippen LogP contribution is 2.42. The van der Waals surface area contributed by atoms with Crippen LogP contribution in [0.5, 0.6) is 0 Å². The first-order valence-electron chi connectivity index (χ1n) is 14.3. The van der Waals surface area contributed by atoms with Crippen LogP contribution in [0.1, 0.15) is 61.8 Å². The Balaban J connectivity index is 0.978. The monoisotopic (exact) mass is 579 g/mol. The molecule has 220 valence electrons. The highest BCUT2D eigenvalue weighted by Gasteiger charge is 2.40. The lowest BCUT2D eigenvalue weighted by Gasteiger charge is -2.36. The second-order valence-electron chi connectivity index (χ2n) is 11.6. The lowest BCUT2D eigenvalue weighted by atomic mass is 9.74. The minimum atomic E-state index is -4.45. The van der Waals surface area contributed by atoms with Crippen molar-refractivity contribution >= 4 is 11.6 Å². The summed E-state index contributed by atoms with van der Waals surface area (Å²) in [6.45, 7) is 1.25. The van der Waals surface area contributed by atoms with Crippen molar-refractivity contribution in [3.63, 3.8) is 0 Å². The quantitative estimate of drug-likeness (QED) is 0.422. The van der Waals surface area contributed by atoms with Crippen molar-refractivity contribution in [1.29, 1.82) is 0 Å². The van der Waals surface area contributed by atoms with Gasteiger partial charge in [-0.1, -0.05) is 17.3 Å². The van der Waals surface area contributed by atoms with E-state index in [0.717, 1.165) is 43.4 Å². The molecule has 2 fully saturated rings. The van der Waals surface area contributed by atoms with Gasteiger partial charge in [-0.25, -0.2) is 9.97 Å². The number of nitrogens with zero attached hydrogens (tertiary/aromatic N) is 5. The fourth-order valence-corrected chi connectivity index (χ4v) is 6.35. The predicted octanol–water partition coefficient (Wildman–Crippen LogP) is 5.37. The number of aromatic nitrogens is 3. The summed E-state index contributed by atoms with van der Waals surface area (Å²) in [7, 11) is 0. The third kappa shape index (κ3) is 6.01. The fourth-order valence-electron chi connectivity index (χ4n) is 6.35. The molecule has 2 aromatic heterocycles. The van der Waals surface area contributed by atoms with Gasteiger partial charge in [-0.15, -0.1) is 0 Å². The number of hydrogen-bond acceptors (Lipinski definition) is 7. The number of hydrogen-bond donors (Lipinski definition) is 1. The van der Waals surface area contributed by atoms with Gasteiger partial charge < -0.3 is 14.8 Å². The molecule has 8 nitrogen and oxygen atoms in total. The van der Waals surface area contributed by atoms with E-state index in [1.165, 1.54) is 6.07 Å². The first-order valence-corrected chi connectivity index (χ1v) is 14.3. The fraction of sp³-hybridized carbons (Fsp3) is 0.452. The largest absolute Gasteiger partial charge is 0.416 e. The van der Waals surface area contributed by atoms with Crippen molar-refractivity contribution in [1.82, 2.24) is 19.9 Å². The molecule has 11 heteroatoms. The number of alkyl halides is 3. The van der Waals surface area contributed by atoms with Crippen LogP contribution < -0.4 is 0 Å². The first kappa shape index (κ1) is 28.3. The Labute approximate surface area is 241 Å². The van der Waals surface area contributed by atoms with Gasteiger partial charge in [-0.05, 0) is 80.7 Å². The standard InChI is InChI=1S/C31H32F3N5O3/c32-31(33,34)24-4-1-3-22(16-24)25-17-26(42-38-25)29(40)39-14-9-21(19-39)15-20-7-10-30(41,11-8-20)27-6-5-23(18-37-27)28-35-12-2-13-36-28/h1-6,12-13,16,18,20-21,26,41H,7-11,14-15,17,19H2/t20?,21-,26?,30?/m1/s1. The van der Waals surface area contributed by atoms with E-state index >= 15 is 0 Å². The van der Waals surface area contributed by atoms with Gasteiger partial charge in [0.2, 0.25) is 6.10 Å². The number of pyridine rings is 1. The van der Waals surface area contributed by atoms with Crippen LogP contribution in [-0.2, 0) is 21.4 Å². The lowest BCUT2D eigenvalue weighted by molar-refractivity contribution is -0.141. The zero-order valence-electron chi connectivity index (χ0n) is 23.0. The molecule has 0 spiro atoms. The Morgan fingerprint density at radius 2 is 1.79 bits per heavy atom. The minimum Gasteiger partial charge on any atom is -0.384 e. The number of amides is 1. The number of aliphatic hydroxyl groups is 1. The zero-order chi connectivity index (χ0) is 29.3. The minimum absolute atomic E-state index is 0.149. The molecule has 3 aromatic rings. The van der Waals surface area contributed by atoms with Crippen LogP contribution in [0.25, 0.3) is 11.4 Å². The summed E-state index contributed by atoms with van der Waals surface area (Å²) in [5, 5.41) is 15.3. The smallest absolute Gasteiger partial charge is 0.384 e. The zero-order valence-corrected chi connectivity index (χ0v) is 23.0. The van der Waals surface area contributed by atoms with Gasteiger partial charge in [0.25, 0.3) is 5.91 Å². The van der Waals surface area contributed by atoms with Gasteiger partial charge in [-0.2, -0.15) is 13.2 Å². The summed E-state index contributed by atoms with van der Waals surface area (Å²) >= 11 is 0. The van der Waals surface area contributed by atoms with Crippen LogP contribution in [0.3, 0.4) is 0 Å². The SMILES string of the molecule is O=C(C1CC(c2cccc(C(F)(F)F)c2)=NO1)N1CC[C@H](CC2CCC(O)(c3ccc(-c4ncccn4)cn3)CC2)C1. The topological polar surface area (TPSA) is 101 Å². The van der Waals surface area contributed by atoms with Crippen LogP contribution >= 0.6 is 0 Å². The van der Waals surface area contributed by atoms with Gasteiger partial charge in [0.05, 0.1) is 17.0 Å². The van der Waals surface area contributed by atoms with Crippen molar-refractivity contribution < 1.29 is 27.9 Å². The van der Waals surface area contributed by atoms with E-state index in [1.54, 1.807) is 35.6 Å². The van der Waals surface area contributed by atoms with E-state index in [4.69, 9.17) is 4.84 Å². The molecule has 1 aliphatic carbocycles. The highest BCUT2D eigenvalue weighted by atomic mass is 19.4. The summed E-state index contributed by atoms with van der Waals surface area (Å²) in [5.74, 6) is 1.25. The van der Waals surface area contributed by atoms with Gasteiger partial charge in [-0.3, -0.25) is 9.78 Å². The number of carbonyl (C=O) groups excluding carboxylic acids is 1. The Morgan fingerprint density at radius 1 is 1.00 bits per heavy atom. The summed E-state index contributed by atoms with van der Waals surface area (Å²) in [6, 6.07) is 10.4. The number of carbonyl (C=O) groups is 1. The second kappa shape index (κ2) is 11.4. The maximum Gasteiger partial charge on any atom is 0.416 e. The number of benzene rings is 1. The van der Waals surface area contributed by atoms with Crippen molar-refractivity contribution in [2.24, 2.45) is 17.0 Å². The van der Waals surface area contributed by atoms with E-state index in [1.807, 2.05) is 12.1 Å². The molecule has 4 heterocycles. The van der Waals surface area contributed by atoms with Crippen LogP contribution in [-0.4, -0.2) is 55.8 Å². The van der Waals surface area contributed by atoms with E-state index in [9.17, 15) is 23.1 Å². The van der Waals surface area contributed by atoms with Gasteiger partial charge in [0.1, 0.15) is 5.60 Å². The Kier molecular flexibility index (Phi) is 7.69. The maximum atomic E-state index is 13.1. The summed E-state index contributed by atoms with van der Waals surface area (Å²) in [4.78, 5) is 33.3. The van der Waals surface area contributed by atoms with Crippen LogP contribution in [0.2, 0.25) is 0 Å². The van der Waals surface area contributed by atoms with Crippen molar-refractivity contribution in [3.05, 3.63) is 77.9 Å². The Bertz CT molecular complexity index is 1440. The van der Waals surface area contributed by atoms with Gasteiger partial charge >= 0.3 is 6.18 Å². The lowest BCUT2D eigenvalue weighted by Crippen LogP contribution is -2.38. The second-order valence-corrected chi connectivity index (χ2v) is 11.6. The third-order valence-electron chi connectivity index (χ3n) is 8.73. The molecule has 1 amide bonds. The van der Waals surface area contributed by atoms with Crippen molar-refractivity contribution in [2.75, 3.05) is 13.1 Å². The summed E-state index contributed by atoms with van der Waals surface area (Å²) in [6.07, 6.45) is 4.86. The normalized spacial score (nSPS) is 26.1. The molecule has 2 atom stereocenters. The van der Waals surface area contributed by atoms with E-state index < -0.39 is 23.4 Å². The number of oxime groups is 1. The summed E-state index contributed by atoms with van der Waals surface area (Å²) in [5.41, 5.74) is 0.422. The number of rotatable bonds is 6. The molecule has 2 aliphatic heterocycles. The Hall–Kier alpha value is -3.86. The molecule has 1 saturated carbocycles. The van der Waals surface area contributed by atoms with Gasteiger partial charge in [0, 0.05) is 49.2 Å². The molecular weight excluding hydrogens is 547 g/mol. The Morgan fingerprint density at radius 3 is 2.50 bits per heavy atom. The molecule has 0 radical (unpaired) electrons. The molecular formula is C31H32F3N5O3. The predicted molar refractivity (Wildman–Crippen MR) is 148 cm³/mol. The molecule has 3 aliphatic rings. The van der Waals surface area contributed by atoms with Crippen LogP contribution in [0.4, 0.5) is 13.2 Å². The number of halogens is 3. The van der Waals surface area contributed by atoms with E-state index in [-0.39, 0.29) is 12.3 Å². The van der Waals surface area contributed by atoms with E-state index in [0.29, 0.717) is 60.6 Å². The molecule has 42 heavy (non-hydrogen) atoms. The number of likely N-dealkylation sites (tertiary alicyclic amines) is 1. The molecule has 1 unspecified atom stereocenters. The maximum absolute atomic E-state index is 13.1. The molecule has 1 N–H and O–H groups in total. The van der Waals surface area contributed by atoms with Crippen molar-refractivity contribution in [2.45, 2.75) is 62.8 Å². The van der Waals surface area contributed by atoms with E-state index in [2.05, 4.69) is 20.1 Å². The molecule has 6 rings (SSSR count).